The molecular formula is C31H34Cl2N6O6. The lowest BCUT2D eigenvalue weighted by Gasteiger charge is -2.29. The molecule has 238 valence electrons. The number of pyridine rings is 1. The van der Waals surface area contributed by atoms with E-state index in [4.69, 9.17) is 31.4 Å². The minimum atomic E-state index is -1.55. The molecule has 0 bridgehead atoms. The van der Waals surface area contributed by atoms with E-state index in [0.29, 0.717) is 45.5 Å². The summed E-state index contributed by atoms with van der Waals surface area (Å²) >= 11 is 0. The van der Waals surface area contributed by atoms with Gasteiger partial charge in [0.1, 0.15) is 5.82 Å². The van der Waals surface area contributed by atoms with Crippen LogP contribution in [0.15, 0.2) is 47.5 Å². The fraction of sp³-hybridized carbons (Fsp3) is 0.290. The van der Waals surface area contributed by atoms with E-state index in [1.807, 2.05) is 22.8 Å². The molecule has 1 aliphatic rings. The van der Waals surface area contributed by atoms with Gasteiger partial charge in [-0.05, 0) is 61.6 Å². The molecule has 0 aliphatic heterocycles. The number of carboxylic acid groups (broad SMARTS) is 1. The predicted octanol–water partition coefficient (Wildman–Crippen LogP) is 4.31. The molecule has 0 atom stereocenters. The average Bonchev–Trinajstić information content (AvgIpc) is 2.98. The Bertz CT molecular complexity index is 1830. The van der Waals surface area contributed by atoms with Gasteiger partial charge in [0.25, 0.3) is 0 Å². The van der Waals surface area contributed by atoms with Crippen LogP contribution in [0.2, 0.25) is 0 Å². The Morgan fingerprint density at radius 3 is 2.42 bits per heavy atom. The fourth-order valence-electron chi connectivity index (χ4n) is 5.40. The highest BCUT2D eigenvalue weighted by molar-refractivity contribution is 5.85. The minimum Gasteiger partial charge on any atom is -0.493 e. The first-order valence-electron chi connectivity index (χ1n) is 13.7. The van der Waals surface area contributed by atoms with Gasteiger partial charge in [0, 0.05) is 41.2 Å². The van der Waals surface area contributed by atoms with Crippen LogP contribution in [0, 0.1) is 11.8 Å². The van der Waals surface area contributed by atoms with Gasteiger partial charge < -0.3 is 41.1 Å². The zero-order valence-electron chi connectivity index (χ0n) is 24.6. The highest BCUT2D eigenvalue weighted by atomic mass is 35.5. The van der Waals surface area contributed by atoms with Crippen molar-refractivity contribution < 1.29 is 24.1 Å². The summed E-state index contributed by atoms with van der Waals surface area (Å²) in [5.41, 5.74) is 20.7. The van der Waals surface area contributed by atoms with Crippen LogP contribution in [0.25, 0.3) is 10.9 Å². The topological polar surface area (TPSA) is 191 Å². The molecule has 0 spiro atoms. The normalized spacial score (nSPS) is 15.5. The number of ether oxygens (including phenoxy) is 3. The highest BCUT2D eigenvalue weighted by Crippen LogP contribution is 2.34. The van der Waals surface area contributed by atoms with Crippen LogP contribution >= 0.6 is 24.8 Å². The zero-order chi connectivity index (χ0) is 30.7. The summed E-state index contributed by atoms with van der Waals surface area (Å²) in [7, 11) is 3.08. The number of halogens is 2. The number of nitrogens with zero attached hydrogens (tertiary/aromatic N) is 3. The fourth-order valence-corrected chi connectivity index (χ4v) is 5.40. The smallest absolute Gasteiger partial charge is 0.493 e. The molecule has 1 saturated carbocycles. The Hall–Kier alpha value is -4.70. The largest absolute Gasteiger partial charge is 0.511 e. The molecule has 4 aromatic rings. The van der Waals surface area contributed by atoms with Crippen LogP contribution in [0.1, 0.15) is 54.0 Å². The van der Waals surface area contributed by atoms with E-state index in [1.54, 1.807) is 25.4 Å². The Morgan fingerprint density at radius 2 is 1.78 bits per heavy atom. The second-order valence-corrected chi connectivity index (χ2v) is 10.3. The van der Waals surface area contributed by atoms with Gasteiger partial charge in [0.05, 0.1) is 31.5 Å². The molecule has 2 aromatic heterocycles. The number of rotatable bonds is 6. The predicted molar refractivity (Wildman–Crippen MR) is 176 cm³/mol. The number of nitrogens with two attached hydrogens (primary N) is 3. The lowest BCUT2D eigenvalue weighted by atomic mass is 9.91. The number of hydrogen-bond acceptors (Lipinski definition) is 10. The first-order chi connectivity index (χ1) is 20.7. The van der Waals surface area contributed by atoms with Gasteiger partial charge in [-0.15, -0.1) is 24.8 Å². The van der Waals surface area contributed by atoms with Gasteiger partial charge >= 0.3 is 6.16 Å². The Kier molecular flexibility index (Phi) is 11.5. The van der Waals surface area contributed by atoms with Gasteiger partial charge in [-0.25, -0.2) is 9.78 Å². The summed E-state index contributed by atoms with van der Waals surface area (Å²) in [6.45, 7) is 0. The molecule has 1 fully saturated rings. The number of benzene rings is 2. The molecule has 0 saturated heterocycles. The van der Waals surface area contributed by atoms with Crippen molar-refractivity contribution in [2.45, 2.75) is 44.2 Å². The molecule has 1 aliphatic carbocycles. The van der Waals surface area contributed by atoms with E-state index in [2.05, 4.69) is 21.8 Å². The van der Waals surface area contributed by atoms with Crippen LogP contribution in [0.5, 0.6) is 17.2 Å². The maximum atomic E-state index is 13.1. The number of methoxy groups -OCH3 is 2. The van der Waals surface area contributed by atoms with Crippen LogP contribution < -0.4 is 36.8 Å². The van der Waals surface area contributed by atoms with Crippen molar-refractivity contribution in [3.63, 3.8) is 0 Å². The van der Waals surface area contributed by atoms with Gasteiger partial charge in [-0.3, -0.25) is 4.79 Å². The second-order valence-electron chi connectivity index (χ2n) is 10.3. The lowest BCUT2D eigenvalue weighted by molar-refractivity contribution is 0.143. The monoisotopic (exact) mass is 656 g/mol. The van der Waals surface area contributed by atoms with Crippen molar-refractivity contribution in [1.82, 2.24) is 14.5 Å². The van der Waals surface area contributed by atoms with Crippen molar-refractivity contribution >= 4 is 53.6 Å². The van der Waals surface area contributed by atoms with Crippen molar-refractivity contribution in [3.05, 3.63) is 75.2 Å². The van der Waals surface area contributed by atoms with E-state index < -0.39 is 11.6 Å². The van der Waals surface area contributed by atoms with Crippen LogP contribution in [0.3, 0.4) is 0 Å². The van der Waals surface area contributed by atoms with Crippen molar-refractivity contribution in [2.24, 2.45) is 5.73 Å². The quantitative estimate of drug-likeness (QED) is 0.171. The number of anilines is 2. The standard InChI is InChI=1S/C31H32N6O6.2ClH/c1-41-25-14-18(12-20-15-35-30(34)36-29(20)33)11-19(28(25)42-2)5-3-17-4-10-23-24(13-17)37(22-8-6-21(32)7-9-22)16-26(27(23)38)43-31(39)40;;/h4,10-11,13-16,21-22H,6-9,12,32H2,1-2H3,(H,39,40)(H4,33,34,35,36);2*1H/t21-,22-;;. The molecular weight excluding hydrogens is 623 g/mol. The minimum absolute atomic E-state index is 0. The summed E-state index contributed by atoms with van der Waals surface area (Å²) in [6, 6.07) is 9.02. The summed E-state index contributed by atoms with van der Waals surface area (Å²) in [4.78, 5) is 32.5. The summed E-state index contributed by atoms with van der Waals surface area (Å²) < 4.78 is 18.0. The summed E-state index contributed by atoms with van der Waals surface area (Å²) in [6.07, 6.45) is 5.13. The van der Waals surface area contributed by atoms with E-state index >= 15 is 0 Å². The van der Waals surface area contributed by atoms with Gasteiger partial charge in [0.2, 0.25) is 11.4 Å². The Labute approximate surface area is 271 Å². The van der Waals surface area contributed by atoms with Crippen LogP contribution in [-0.2, 0) is 6.42 Å². The molecule has 5 rings (SSSR count). The van der Waals surface area contributed by atoms with E-state index in [0.717, 1.165) is 31.2 Å². The molecule has 0 radical (unpaired) electrons. The number of fused-ring (bicyclic) bond motifs is 1. The summed E-state index contributed by atoms with van der Waals surface area (Å²) in [5, 5.41) is 9.52. The highest BCUT2D eigenvalue weighted by Gasteiger charge is 2.23. The number of hydrogen-bond donors (Lipinski definition) is 4. The van der Waals surface area contributed by atoms with Gasteiger partial charge in [-0.1, -0.05) is 11.8 Å². The SMILES string of the molecule is COc1cc(Cc2cnc(N)nc2N)cc(C#Cc2ccc3c(=O)c(OC(=O)O)cn([C@H]4CC[C@H](N)CC4)c3c2)c1OC.Cl.Cl. The molecule has 12 nitrogen and oxygen atoms in total. The number of nitrogen functional groups attached to an aromatic ring is 2. The molecule has 7 N–H and O–H groups in total. The van der Waals surface area contributed by atoms with Crippen molar-refractivity contribution in [3.8, 4) is 29.1 Å². The number of aromatic nitrogens is 3. The van der Waals surface area contributed by atoms with Gasteiger partial charge in [-0.2, -0.15) is 4.98 Å². The van der Waals surface area contributed by atoms with Crippen molar-refractivity contribution in [1.29, 1.82) is 0 Å². The third kappa shape index (κ3) is 7.69. The van der Waals surface area contributed by atoms with E-state index in [-0.39, 0.29) is 54.4 Å². The van der Waals surface area contributed by atoms with Crippen molar-refractivity contribution in [2.75, 3.05) is 25.7 Å². The van der Waals surface area contributed by atoms with E-state index in [1.165, 1.54) is 13.3 Å². The van der Waals surface area contributed by atoms with Gasteiger partial charge in [0.15, 0.2) is 17.2 Å². The third-order valence-electron chi connectivity index (χ3n) is 7.52. The molecule has 0 amide bonds. The van der Waals surface area contributed by atoms with Crippen LogP contribution in [-0.4, -0.2) is 46.1 Å². The molecule has 45 heavy (non-hydrogen) atoms. The molecule has 14 heteroatoms. The molecule has 2 heterocycles. The lowest BCUT2D eigenvalue weighted by Crippen LogP contribution is -2.28. The Balaban J connectivity index is 0.00000276. The Morgan fingerprint density at radius 1 is 1.04 bits per heavy atom. The second kappa shape index (κ2) is 14.9. The first kappa shape index (κ1) is 34.8. The number of carbonyl (C=O) groups is 1. The van der Waals surface area contributed by atoms with E-state index in [9.17, 15) is 14.7 Å². The molecule has 2 aromatic carbocycles. The first-order valence-corrected chi connectivity index (χ1v) is 13.7. The average molecular weight is 658 g/mol. The maximum Gasteiger partial charge on any atom is 0.511 e. The van der Waals surface area contributed by atoms with Crippen LogP contribution in [0.4, 0.5) is 16.6 Å². The summed E-state index contributed by atoms with van der Waals surface area (Å²) in [5.74, 6) is 7.46. The molecule has 0 unspecified atom stereocenters. The zero-order valence-corrected chi connectivity index (χ0v) is 26.2. The maximum absolute atomic E-state index is 13.1. The third-order valence-corrected chi connectivity index (χ3v) is 7.52.